The van der Waals surface area contributed by atoms with Crippen molar-refractivity contribution in [2.75, 3.05) is 26.2 Å². The zero-order chi connectivity index (χ0) is 23.5. The standard InChI is InChI=1S/C26H32N2O4S/c1-4-32-26(31)18-11-13-27(14-12-18)25(30)22-19-8-5-6-9-20(19)24(29)28(16-17(2)3)23(22)21-10-7-15-33-21/h5-10,15,17-18,22-23H,4,11-14,16H2,1-3H3. The summed E-state index contributed by atoms with van der Waals surface area (Å²) in [6.45, 7) is 8.01. The van der Waals surface area contributed by atoms with Crippen LogP contribution in [0.25, 0.3) is 0 Å². The zero-order valence-electron chi connectivity index (χ0n) is 19.5. The highest BCUT2D eigenvalue weighted by Crippen LogP contribution is 2.45. The molecule has 1 aromatic heterocycles. The van der Waals surface area contributed by atoms with E-state index in [0.29, 0.717) is 44.6 Å². The van der Waals surface area contributed by atoms with Gasteiger partial charge in [0.2, 0.25) is 5.91 Å². The fourth-order valence-corrected chi connectivity index (χ4v) is 5.90. The van der Waals surface area contributed by atoms with Crippen molar-refractivity contribution in [1.29, 1.82) is 0 Å². The van der Waals surface area contributed by atoms with Crippen LogP contribution in [-0.2, 0) is 14.3 Å². The van der Waals surface area contributed by atoms with E-state index in [2.05, 4.69) is 13.8 Å². The lowest BCUT2D eigenvalue weighted by Crippen LogP contribution is -2.50. The maximum atomic E-state index is 14.0. The number of ether oxygens (including phenoxy) is 1. The first-order chi connectivity index (χ1) is 15.9. The van der Waals surface area contributed by atoms with Gasteiger partial charge in [-0.05, 0) is 48.8 Å². The number of likely N-dealkylation sites (tertiary alicyclic amines) is 1. The molecule has 0 spiro atoms. The van der Waals surface area contributed by atoms with Crippen LogP contribution in [0.15, 0.2) is 41.8 Å². The van der Waals surface area contributed by atoms with Crippen molar-refractivity contribution < 1.29 is 19.1 Å². The Morgan fingerprint density at radius 1 is 1.12 bits per heavy atom. The highest BCUT2D eigenvalue weighted by molar-refractivity contribution is 7.10. The third-order valence-corrected chi connectivity index (χ3v) is 7.47. The quantitative estimate of drug-likeness (QED) is 0.586. The molecule has 4 rings (SSSR count). The zero-order valence-corrected chi connectivity index (χ0v) is 20.3. The Kier molecular flexibility index (Phi) is 7.17. The van der Waals surface area contributed by atoms with Gasteiger partial charge in [-0.2, -0.15) is 0 Å². The molecule has 0 aliphatic carbocycles. The fraction of sp³-hybridized carbons (Fsp3) is 0.500. The van der Waals surface area contributed by atoms with Gasteiger partial charge in [-0.15, -0.1) is 11.3 Å². The number of amides is 2. The van der Waals surface area contributed by atoms with Crippen LogP contribution < -0.4 is 0 Å². The van der Waals surface area contributed by atoms with Crippen molar-refractivity contribution in [2.45, 2.75) is 45.6 Å². The summed E-state index contributed by atoms with van der Waals surface area (Å²) in [5, 5.41) is 2.00. The highest BCUT2D eigenvalue weighted by Gasteiger charge is 2.46. The fourth-order valence-electron chi connectivity index (χ4n) is 5.02. The Labute approximate surface area is 199 Å². The smallest absolute Gasteiger partial charge is 0.309 e. The first kappa shape index (κ1) is 23.5. The Bertz CT molecular complexity index is 995. The number of esters is 1. The van der Waals surface area contributed by atoms with Crippen LogP contribution in [0.4, 0.5) is 0 Å². The molecule has 1 saturated heterocycles. The molecule has 2 aliphatic rings. The number of carbonyl (C=O) groups excluding carboxylic acids is 3. The largest absolute Gasteiger partial charge is 0.466 e. The van der Waals surface area contributed by atoms with Crippen LogP contribution >= 0.6 is 11.3 Å². The van der Waals surface area contributed by atoms with Crippen LogP contribution in [-0.4, -0.2) is 53.8 Å². The molecule has 2 unspecified atom stereocenters. The molecule has 7 heteroatoms. The molecule has 2 atom stereocenters. The van der Waals surface area contributed by atoms with Gasteiger partial charge in [0.25, 0.3) is 5.91 Å². The van der Waals surface area contributed by atoms with E-state index in [0.717, 1.165) is 10.4 Å². The van der Waals surface area contributed by atoms with Gasteiger partial charge >= 0.3 is 5.97 Å². The predicted molar refractivity (Wildman–Crippen MR) is 128 cm³/mol. The Morgan fingerprint density at radius 3 is 2.48 bits per heavy atom. The summed E-state index contributed by atoms with van der Waals surface area (Å²) in [7, 11) is 0. The average molecular weight is 469 g/mol. The van der Waals surface area contributed by atoms with E-state index in [1.165, 1.54) is 0 Å². The molecule has 33 heavy (non-hydrogen) atoms. The number of nitrogens with zero attached hydrogens (tertiary/aromatic N) is 2. The van der Waals surface area contributed by atoms with Crippen molar-refractivity contribution in [3.63, 3.8) is 0 Å². The van der Waals surface area contributed by atoms with E-state index >= 15 is 0 Å². The van der Waals surface area contributed by atoms with Crippen LogP contribution in [0.1, 0.15) is 66.4 Å². The lowest BCUT2D eigenvalue weighted by atomic mass is 9.80. The molecule has 2 aromatic rings. The summed E-state index contributed by atoms with van der Waals surface area (Å²) in [6, 6.07) is 11.2. The van der Waals surface area contributed by atoms with Gasteiger partial charge in [0.05, 0.1) is 24.5 Å². The minimum absolute atomic E-state index is 0.0113. The molecule has 6 nitrogen and oxygen atoms in total. The minimum Gasteiger partial charge on any atom is -0.466 e. The Hall–Kier alpha value is -2.67. The van der Waals surface area contributed by atoms with Crippen LogP contribution in [0.3, 0.4) is 0 Å². The molecular weight excluding hydrogens is 436 g/mol. The summed E-state index contributed by atoms with van der Waals surface area (Å²) >= 11 is 1.59. The molecule has 0 saturated carbocycles. The first-order valence-corrected chi connectivity index (χ1v) is 12.7. The summed E-state index contributed by atoms with van der Waals surface area (Å²) in [5.41, 5.74) is 1.42. The van der Waals surface area contributed by atoms with Gasteiger partial charge in [0, 0.05) is 30.1 Å². The molecule has 0 radical (unpaired) electrons. The first-order valence-electron chi connectivity index (χ1n) is 11.8. The van der Waals surface area contributed by atoms with Crippen molar-refractivity contribution in [2.24, 2.45) is 11.8 Å². The monoisotopic (exact) mass is 468 g/mol. The molecule has 176 valence electrons. The van der Waals surface area contributed by atoms with E-state index < -0.39 is 5.92 Å². The van der Waals surface area contributed by atoms with E-state index in [1.54, 1.807) is 11.3 Å². The summed E-state index contributed by atoms with van der Waals surface area (Å²) in [4.78, 5) is 44.5. The van der Waals surface area contributed by atoms with Crippen LogP contribution in [0.2, 0.25) is 0 Å². The molecule has 3 heterocycles. The third kappa shape index (κ3) is 4.69. The molecule has 2 aliphatic heterocycles. The summed E-state index contributed by atoms with van der Waals surface area (Å²) in [5.74, 6) is -0.488. The number of fused-ring (bicyclic) bond motifs is 1. The van der Waals surface area contributed by atoms with E-state index in [1.807, 2.05) is 58.5 Å². The second-order valence-corrected chi connectivity index (χ2v) is 10.2. The number of rotatable bonds is 6. The van der Waals surface area contributed by atoms with Crippen molar-refractivity contribution in [3.05, 3.63) is 57.8 Å². The maximum absolute atomic E-state index is 14.0. The van der Waals surface area contributed by atoms with Gasteiger partial charge < -0.3 is 14.5 Å². The number of hydrogen-bond donors (Lipinski definition) is 0. The number of piperidine rings is 1. The number of carbonyl (C=O) groups is 3. The van der Waals surface area contributed by atoms with Gasteiger partial charge in [-0.1, -0.05) is 38.1 Å². The molecular formula is C26H32N2O4S. The normalized spacial score (nSPS) is 21.3. The van der Waals surface area contributed by atoms with Gasteiger partial charge in [0.15, 0.2) is 0 Å². The molecule has 0 bridgehead atoms. The van der Waals surface area contributed by atoms with Gasteiger partial charge in [0.1, 0.15) is 0 Å². The highest BCUT2D eigenvalue weighted by atomic mass is 32.1. The Balaban J connectivity index is 1.68. The minimum atomic E-state index is -0.463. The van der Waals surface area contributed by atoms with Crippen molar-refractivity contribution in [1.82, 2.24) is 9.80 Å². The van der Waals surface area contributed by atoms with Crippen molar-refractivity contribution in [3.8, 4) is 0 Å². The number of benzene rings is 1. The molecule has 0 N–H and O–H groups in total. The maximum Gasteiger partial charge on any atom is 0.309 e. The van der Waals surface area contributed by atoms with Crippen LogP contribution in [0, 0.1) is 11.8 Å². The molecule has 1 fully saturated rings. The van der Waals surface area contributed by atoms with Crippen LogP contribution in [0.5, 0.6) is 0 Å². The number of hydrogen-bond acceptors (Lipinski definition) is 5. The average Bonchev–Trinajstić information content (AvgIpc) is 3.35. The molecule has 2 amide bonds. The summed E-state index contributed by atoms with van der Waals surface area (Å²) < 4.78 is 5.18. The van der Waals surface area contributed by atoms with E-state index in [9.17, 15) is 14.4 Å². The SMILES string of the molecule is CCOC(=O)C1CCN(C(=O)C2c3ccccc3C(=O)N(CC(C)C)C2c2cccs2)CC1. The second kappa shape index (κ2) is 10.1. The number of thiophene rings is 1. The lowest BCUT2D eigenvalue weighted by Gasteiger charge is -2.44. The lowest BCUT2D eigenvalue weighted by molar-refractivity contribution is -0.151. The van der Waals surface area contributed by atoms with E-state index in [-0.39, 0.29) is 35.7 Å². The Morgan fingerprint density at radius 2 is 1.85 bits per heavy atom. The molecule has 1 aromatic carbocycles. The third-order valence-electron chi connectivity index (χ3n) is 6.53. The van der Waals surface area contributed by atoms with Gasteiger partial charge in [-0.3, -0.25) is 14.4 Å². The topological polar surface area (TPSA) is 66.9 Å². The van der Waals surface area contributed by atoms with E-state index in [4.69, 9.17) is 4.74 Å². The van der Waals surface area contributed by atoms with Gasteiger partial charge in [-0.25, -0.2) is 0 Å². The summed E-state index contributed by atoms with van der Waals surface area (Å²) in [6.07, 6.45) is 1.22. The predicted octanol–water partition coefficient (Wildman–Crippen LogP) is 4.49. The van der Waals surface area contributed by atoms with Crippen molar-refractivity contribution >= 4 is 29.1 Å². The second-order valence-electron chi connectivity index (χ2n) is 9.23.